The fourth-order valence-electron chi connectivity index (χ4n) is 2.69. The number of hydrogen-bond donors (Lipinski definition) is 1. The maximum Gasteiger partial charge on any atom is 0.295 e. The Bertz CT molecular complexity index is 890. The van der Waals surface area contributed by atoms with Crippen molar-refractivity contribution >= 4 is 11.8 Å². The molecule has 3 aromatic rings. The van der Waals surface area contributed by atoms with Gasteiger partial charge in [-0.2, -0.15) is 0 Å². The van der Waals surface area contributed by atoms with E-state index in [4.69, 9.17) is 0 Å². The summed E-state index contributed by atoms with van der Waals surface area (Å²) >= 11 is 0. The summed E-state index contributed by atoms with van der Waals surface area (Å²) in [5, 5.41) is 3.24. The zero-order valence-electron chi connectivity index (χ0n) is 13.9. The summed E-state index contributed by atoms with van der Waals surface area (Å²) in [5.74, 6) is 0. The lowest BCUT2D eigenvalue weighted by atomic mass is 10.2. The molecule has 0 aliphatic rings. The summed E-state index contributed by atoms with van der Waals surface area (Å²) in [4.78, 5) is 12.7. The van der Waals surface area contributed by atoms with Crippen molar-refractivity contribution in [2.75, 3.05) is 11.9 Å². The van der Waals surface area contributed by atoms with Gasteiger partial charge in [-0.3, -0.25) is 9.48 Å². The first-order chi connectivity index (χ1) is 11.7. The highest BCUT2D eigenvalue weighted by Crippen LogP contribution is 2.13. The molecule has 3 rings (SSSR count). The zero-order valence-corrected chi connectivity index (χ0v) is 13.9. The fraction of sp³-hybridized carbons (Fsp3) is 0.150. The second-order valence-corrected chi connectivity index (χ2v) is 5.63. The third kappa shape index (κ3) is 3.18. The second-order valence-electron chi connectivity index (χ2n) is 5.63. The molecule has 0 saturated heterocycles. The van der Waals surface area contributed by atoms with Crippen molar-refractivity contribution in [1.29, 1.82) is 0 Å². The minimum Gasteiger partial charge on any atom is -0.376 e. The van der Waals surface area contributed by atoms with Crippen molar-refractivity contribution < 1.29 is 0 Å². The van der Waals surface area contributed by atoms with E-state index in [2.05, 4.69) is 5.32 Å². The van der Waals surface area contributed by atoms with E-state index in [1.165, 1.54) is 0 Å². The van der Waals surface area contributed by atoms with E-state index in [0.717, 1.165) is 16.9 Å². The first kappa shape index (κ1) is 15.9. The smallest absolute Gasteiger partial charge is 0.295 e. The van der Waals surface area contributed by atoms with Crippen LogP contribution in [0.5, 0.6) is 0 Å². The van der Waals surface area contributed by atoms with Gasteiger partial charge in [0.25, 0.3) is 5.56 Å². The summed E-state index contributed by atoms with van der Waals surface area (Å²) in [7, 11) is 1.90. The average Bonchev–Trinajstić information content (AvgIpc) is 2.83. The van der Waals surface area contributed by atoms with E-state index >= 15 is 0 Å². The maximum absolute atomic E-state index is 12.7. The molecule has 0 radical (unpaired) electrons. The molecule has 4 heteroatoms. The van der Waals surface area contributed by atoms with E-state index in [1.54, 1.807) is 4.68 Å². The first-order valence-corrected chi connectivity index (χ1v) is 7.98. The Kier molecular flexibility index (Phi) is 4.66. The number of hydrogen-bond acceptors (Lipinski definition) is 2. The van der Waals surface area contributed by atoms with Gasteiger partial charge >= 0.3 is 0 Å². The SMILES string of the molecule is Cc1c(NC/C=C/c2ccccc2)c(=O)n(-c2ccccc2)n1C. The van der Waals surface area contributed by atoms with Gasteiger partial charge < -0.3 is 5.32 Å². The fourth-order valence-corrected chi connectivity index (χ4v) is 2.69. The third-order valence-corrected chi connectivity index (χ3v) is 4.06. The summed E-state index contributed by atoms with van der Waals surface area (Å²) < 4.78 is 3.56. The molecular weight excluding hydrogens is 298 g/mol. The van der Waals surface area contributed by atoms with Crippen molar-refractivity contribution in [2.24, 2.45) is 7.05 Å². The normalized spacial score (nSPS) is 11.1. The summed E-state index contributed by atoms with van der Waals surface area (Å²) in [5.41, 5.74) is 3.53. The van der Waals surface area contributed by atoms with Crippen molar-refractivity contribution in [3.05, 3.63) is 88.4 Å². The van der Waals surface area contributed by atoms with Gasteiger partial charge in [0, 0.05) is 13.6 Å². The number of anilines is 1. The number of nitrogens with one attached hydrogen (secondary N) is 1. The molecule has 0 aliphatic heterocycles. The van der Waals surface area contributed by atoms with E-state index in [1.807, 2.05) is 91.5 Å². The minimum atomic E-state index is -0.0330. The molecular formula is C20H21N3O. The molecule has 1 aromatic heterocycles. The van der Waals surface area contributed by atoms with Crippen LogP contribution in [0, 0.1) is 6.92 Å². The monoisotopic (exact) mass is 319 g/mol. The molecule has 1 N–H and O–H groups in total. The molecule has 0 amide bonds. The highest BCUT2D eigenvalue weighted by atomic mass is 16.1. The van der Waals surface area contributed by atoms with Gasteiger partial charge in [0.1, 0.15) is 5.69 Å². The summed E-state index contributed by atoms with van der Waals surface area (Å²) in [6.07, 6.45) is 4.06. The van der Waals surface area contributed by atoms with Crippen molar-refractivity contribution in [1.82, 2.24) is 9.36 Å². The van der Waals surface area contributed by atoms with E-state index in [0.29, 0.717) is 12.2 Å². The van der Waals surface area contributed by atoms with Crippen LogP contribution >= 0.6 is 0 Å². The van der Waals surface area contributed by atoms with Gasteiger partial charge in [-0.15, -0.1) is 0 Å². The lowest BCUT2D eigenvalue weighted by molar-refractivity contribution is 0.630. The van der Waals surface area contributed by atoms with Crippen molar-refractivity contribution in [2.45, 2.75) is 6.92 Å². The van der Waals surface area contributed by atoms with Crippen LogP contribution in [0.1, 0.15) is 11.3 Å². The maximum atomic E-state index is 12.7. The molecule has 1 heterocycles. The quantitative estimate of drug-likeness (QED) is 0.780. The molecule has 122 valence electrons. The van der Waals surface area contributed by atoms with Gasteiger partial charge in [0.05, 0.1) is 11.4 Å². The Hall–Kier alpha value is -3.01. The van der Waals surface area contributed by atoms with Crippen LogP contribution in [-0.2, 0) is 7.05 Å². The molecule has 4 nitrogen and oxygen atoms in total. The number of rotatable bonds is 5. The van der Waals surface area contributed by atoms with Gasteiger partial charge in [0.15, 0.2) is 0 Å². The molecule has 0 saturated carbocycles. The number of nitrogens with zero attached hydrogens (tertiary/aromatic N) is 2. The topological polar surface area (TPSA) is 39.0 Å². The highest BCUT2D eigenvalue weighted by Gasteiger charge is 2.14. The van der Waals surface area contributed by atoms with E-state index < -0.39 is 0 Å². The Morgan fingerprint density at radius 2 is 1.62 bits per heavy atom. The minimum absolute atomic E-state index is 0.0330. The third-order valence-electron chi connectivity index (χ3n) is 4.06. The van der Waals surface area contributed by atoms with Crippen LogP contribution in [0.4, 0.5) is 5.69 Å². The molecule has 0 aliphatic carbocycles. The van der Waals surface area contributed by atoms with Crippen LogP contribution in [-0.4, -0.2) is 15.9 Å². The van der Waals surface area contributed by atoms with Crippen molar-refractivity contribution in [3.63, 3.8) is 0 Å². The number of para-hydroxylation sites is 1. The van der Waals surface area contributed by atoms with Gasteiger partial charge in [-0.05, 0) is 24.6 Å². The highest BCUT2D eigenvalue weighted by molar-refractivity contribution is 5.52. The van der Waals surface area contributed by atoms with E-state index in [-0.39, 0.29) is 5.56 Å². The molecule has 0 atom stereocenters. The molecule has 0 bridgehead atoms. The Balaban J connectivity index is 1.80. The lowest BCUT2D eigenvalue weighted by Crippen LogP contribution is -2.21. The van der Waals surface area contributed by atoms with Crippen LogP contribution in [0.25, 0.3) is 11.8 Å². The molecule has 2 aromatic carbocycles. The van der Waals surface area contributed by atoms with Crippen LogP contribution in [0.15, 0.2) is 71.5 Å². The standard InChI is InChI=1S/C20H21N3O/c1-16-19(21-15-9-12-17-10-5-3-6-11-17)20(24)23(22(16)2)18-13-7-4-8-14-18/h3-14,21H,15H2,1-2H3/b12-9+. The summed E-state index contributed by atoms with van der Waals surface area (Å²) in [6.45, 7) is 2.55. The Labute approximate surface area is 141 Å². The average molecular weight is 319 g/mol. The van der Waals surface area contributed by atoms with Gasteiger partial charge in [-0.25, -0.2) is 4.68 Å². The molecule has 0 fully saturated rings. The van der Waals surface area contributed by atoms with Gasteiger partial charge in [0.2, 0.25) is 0 Å². The Morgan fingerprint density at radius 1 is 1.00 bits per heavy atom. The zero-order chi connectivity index (χ0) is 16.9. The van der Waals surface area contributed by atoms with Crippen LogP contribution in [0.2, 0.25) is 0 Å². The number of benzene rings is 2. The predicted molar refractivity (Wildman–Crippen MR) is 99.7 cm³/mol. The van der Waals surface area contributed by atoms with Crippen molar-refractivity contribution in [3.8, 4) is 5.69 Å². The first-order valence-electron chi connectivity index (χ1n) is 7.98. The second kappa shape index (κ2) is 7.04. The summed E-state index contributed by atoms with van der Waals surface area (Å²) in [6, 6.07) is 19.8. The molecule has 0 unspecified atom stereocenters. The number of aromatic nitrogens is 2. The molecule has 24 heavy (non-hydrogen) atoms. The lowest BCUT2D eigenvalue weighted by Gasteiger charge is -2.07. The van der Waals surface area contributed by atoms with E-state index in [9.17, 15) is 4.79 Å². The molecule has 0 spiro atoms. The van der Waals surface area contributed by atoms with Gasteiger partial charge in [-0.1, -0.05) is 60.7 Å². The predicted octanol–water partition coefficient (Wildman–Crippen LogP) is 3.61. The largest absolute Gasteiger partial charge is 0.376 e. The van der Waals surface area contributed by atoms with Crippen LogP contribution in [0.3, 0.4) is 0 Å². The van der Waals surface area contributed by atoms with Crippen LogP contribution < -0.4 is 10.9 Å². The Morgan fingerprint density at radius 3 is 2.29 bits per heavy atom.